The zero-order valence-corrected chi connectivity index (χ0v) is 11.6. The highest BCUT2D eigenvalue weighted by molar-refractivity contribution is 5.98. The molecule has 0 bridgehead atoms. The quantitative estimate of drug-likeness (QED) is 0.876. The summed E-state index contributed by atoms with van der Waals surface area (Å²) < 4.78 is 1.81. The van der Waals surface area contributed by atoms with Gasteiger partial charge >= 0.3 is 5.97 Å². The van der Waals surface area contributed by atoms with Crippen molar-refractivity contribution in [2.45, 2.75) is 13.3 Å². The fraction of sp³-hybridized carbons (Fsp3) is 0.333. The first-order valence-electron chi connectivity index (χ1n) is 6.60. The summed E-state index contributed by atoms with van der Waals surface area (Å²) in [6, 6.07) is 9.53. The second-order valence-corrected chi connectivity index (χ2v) is 4.80. The number of amides is 1. The SMILES string of the molecule is CCC(CNC(=O)c1cc2ccccc2n1C)C(=O)O. The van der Waals surface area contributed by atoms with E-state index in [9.17, 15) is 9.59 Å². The molecule has 0 aliphatic heterocycles. The average molecular weight is 274 g/mol. The maximum atomic E-state index is 12.2. The normalized spacial score (nSPS) is 12.3. The molecule has 0 radical (unpaired) electrons. The molecule has 5 heteroatoms. The van der Waals surface area contributed by atoms with Gasteiger partial charge in [0.1, 0.15) is 5.69 Å². The number of carboxylic acids is 1. The highest BCUT2D eigenvalue weighted by Gasteiger charge is 2.18. The molecule has 2 aromatic rings. The van der Waals surface area contributed by atoms with Gasteiger partial charge in [-0.3, -0.25) is 9.59 Å². The number of carbonyl (C=O) groups is 2. The molecule has 0 aliphatic rings. The molecule has 2 N–H and O–H groups in total. The van der Waals surface area contributed by atoms with Crippen LogP contribution in [0.25, 0.3) is 10.9 Å². The average Bonchev–Trinajstić information content (AvgIpc) is 2.77. The number of rotatable bonds is 5. The largest absolute Gasteiger partial charge is 0.481 e. The van der Waals surface area contributed by atoms with E-state index in [4.69, 9.17) is 5.11 Å². The first kappa shape index (κ1) is 14.1. The number of aromatic nitrogens is 1. The van der Waals surface area contributed by atoms with Crippen molar-refractivity contribution in [2.24, 2.45) is 13.0 Å². The first-order valence-corrected chi connectivity index (χ1v) is 6.60. The molecule has 1 aromatic carbocycles. The first-order chi connectivity index (χ1) is 9.54. The molecule has 0 fully saturated rings. The van der Waals surface area contributed by atoms with E-state index in [1.165, 1.54) is 0 Å². The van der Waals surface area contributed by atoms with E-state index < -0.39 is 11.9 Å². The number of carboxylic acid groups (broad SMARTS) is 1. The predicted molar refractivity (Wildman–Crippen MR) is 76.7 cm³/mol. The van der Waals surface area contributed by atoms with Crippen LogP contribution in [-0.4, -0.2) is 28.1 Å². The third-order valence-electron chi connectivity index (χ3n) is 3.54. The van der Waals surface area contributed by atoms with Crippen LogP contribution in [0.3, 0.4) is 0 Å². The lowest BCUT2D eigenvalue weighted by Crippen LogP contribution is -2.33. The Labute approximate surface area is 117 Å². The van der Waals surface area contributed by atoms with Crippen LogP contribution < -0.4 is 5.32 Å². The van der Waals surface area contributed by atoms with Gasteiger partial charge in [0.2, 0.25) is 0 Å². The molecule has 0 spiro atoms. The summed E-state index contributed by atoms with van der Waals surface area (Å²) in [5.74, 6) is -1.68. The number of para-hydroxylation sites is 1. The van der Waals surface area contributed by atoms with E-state index in [-0.39, 0.29) is 12.5 Å². The van der Waals surface area contributed by atoms with Gasteiger partial charge < -0.3 is 15.0 Å². The lowest BCUT2D eigenvalue weighted by molar-refractivity contribution is -0.141. The smallest absolute Gasteiger partial charge is 0.308 e. The molecular formula is C15H18N2O3. The number of fused-ring (bicyclic) bond motifs is 1. The molecule has 0 saturated heterocycles. The van der Waals surface area contributed by atoms with Crippen LogP contribution in [-0.2, 0) is 11.8 Å². The predicted octanol–water partition coefficient (Wildman–Crippen LogP) is 2.02. The van der Waals surface area contributed by atoms with E-state index in [0.717, 1.165) is 10.9 Å². The Hall–Kier alpha value is -2.30. The minimum absolute atomic E-state index is 0.145. The molecule has 2 rings (SSSR count). The van der Waals surface area contributed by atoms with E-state index in [1.807, 2.05) is 41.9 Å². The molecule has 1 atom stereocenters. The van der Waals surface area contributed by atoms with Gasteiger partial charge in [0.15, 0.2) is 0 Å². The Balaban J connectivity index is 2.15. The van der Waals surface area contributed by atoms with Crippen molar-refractivity contribution in [2.75, 3.05) is 6.54 Å². The summed E-state index contributed by atoms with van der Waals surface area (Å²) in [4.78, 5) is 23.1. The molecule has 5 nitrogen and oxygen atoms in total. The van der Waals surface area contributed by atoms with Crippen molar-refractivity contribution < 1.29 is 14.7 Å². The molecule has 1 amide bonds. The molecule has 20 heavy (non-hydrogen) atoms. The molecule has 1 aromatic heterocycles. The Morgan fingerprint density at radius 1 is 1.35 bits per heavy atom. The molecular weight excluding hydrogens is 256 g/mol. The highest BCUT2D eigenvalue weighted by atomic mass is 16.4. The highest BCUT2D eigenvalue weighted by Crippen LogP contribution is 2.18. The summed E-state index contributed by atoms with van der Waals surface area (Å²) in [5, 5.41) is 12.7. The molecule has 106 valence electrons. The van der Waals surface area contributed by atoms with Crippen LogP contribution in [0.1, 0.15) is 23.8 Å². The molecule has 1 heterocycles. The third-order valence-corrected chi connectivity index (χ3v) is 3.54. The zero-order valence-electron chi connectivity index (χ0n) is 11.6. The topological polar surface area (TPSA) is 71.3 Å². The Morgan fingerprint density at radius 2 is 2.05 bits per heavy atom. The fourth-order valence-electron chi connectivity index (χ4n) is 2.22. The summed E-state index contributed by atoms with van der Waals surface area (Å²) in [6.07, 6.45) is 0.491. The van der Waals surface area contributed by atoms with Gasteiger partial charge in [0, 0.05) is 24.5 Å². The van der Waals surface area contributed by atoms with Gasteiger partial charge in [-0.1, -0.05) is 25.1 Å². The second kappa shape index (κ2) is 5.77. The van der Waals surface area contributed by atoms with Gasteiger partial charge in [0.25, 0.3) is 5.91 Å². The van der Waals surface area contributed by atoms with Gasteiger partial charge in [-0.2, -0.15) is 0 Å². The minimum Gasteiger partial charge on any atom is -0.481 e. The van der Waals surface area contributed by atoms with Crippen molar-refractivity contribution in [3.8, 4) is 0 Å². The Morgan fingerprint density at radius 3 is 2.65 bits per heavy atom. The number of aryl methyl sites for hydroxylation is 1. The van der Waals surface area contributed by atoms with Gasteiger partial charge in [0.05, 0.1) is 5.92 Å². The summed E-state index contributed by atoms with van der Waals surface area (Å²) in [6.45, 7) is 1.94. The molecule has 0 saturated carbocycles. The number of hydrogen-bond donors (Lipinski definition) is 2. The Kier molecular flexibility index (Phi) is 4.08. The van der Waals surface area contributed by atoms with Crippen LogP contribution in [0.4, 0.5) is 0 Å². The van der Waals surface area contributed by atoms with Crippen LogP contribution in [0.15, 0.2) is 30.3 Å². The summed E-state index contributed by atoms with van der Waals surface area (Å²) in [7, 11) is 1.83. The number of benzene rings is 1. The number of carbonyl (C=O) groups excluding carboxylic acids is 1. The second-order valence-electron chi connectivity index (χ2n) is 4.80. The summed E-state index contributed by atoms with van der Waals surface area (Å²) >= 11 is 0. The minimum atomic E-state index is -0.884. The van der Waals surface area contributed by atoms with Gasteiger partial charge in [-0.25, -0.2) is 0 Å². The van der Waals surface area contributed by atoms with E-state index in [1.54, 1.807) is 6.92 Å². The Bertz CT molecular complexity index is 646. The molecule has 1 unspecified atom stereocenters. The van der Waals surface area contributed by atoms with Crippen LogP contribution in [0.5, 0.6) is 0 Å². The number of nitrogens with zero attached hydrogens (tertiary/aromatic N) is 1. The van der Waals surface area contributed by atoms with Crippen molar-refractivity contribution >= 4 is 22.8 Å². The fourth-order valence-corrected chi connectivity index (χ4v) is 2.22. The van der Waals surface area contributed by atoms with E-state index in [0.29, 0.717) is 12.1 Å². The zero-order chi connectivity index (χ0) is 14.7. The number of hydrogen-bond acceptors (Lipinski definition) is 2. The van der Waals surface area contributed by atoms with Gasteiger partial charge in [-0.15, -0.1) is 0 Å². The van der Waals surface area contributed by atoms with E-state index >= 15 is 0 Å². The number of nitrogens with one attached hydrogen (secondary N) is 1. The van der Waals surface area contributed by atoms with Crippen LogP contribution >= 0.6 is 0 Å². The molecule has 0 aliphatic carbocycles. The van der Waals surface area contributed by atoms with Crippen LogP contribution in [0, 0.1) is 5.92 Å². The lowest BCUT2D eigenvalue weighted by Gasteiger charge is -2.11. The van der Waals surface area contributed by atoms with Gasteiger partial charge in [-0.05, 0) is 18.6 Å². The summed E-state index contributed by atoms with van der Waals surface area (Å²) in [5.41, 5.74) is 1.51. The van der Waals surface area contributed by atoms with Crippen molar-refractivity contribution in [1.82, 2.24) is 9.88 Å². The third kappa shape index (κ3) is 2.66. The lowest BCUT2D eigenvalue weighted by atomic mass is 10.1. The standard InChI is InChI=1S/C15H18N2O3/c1-3-10(15(19)20)9-16-14(18)13-8-11-6-4-5-7-12(11)17(13)2/h4-8,10H,3,9H2,1-2H3,(H,16,18)(H,19,20). The monoisotopic (exact) mass is 274 g/mol. The van der Waals surface area contributed by atoms with Crippen molar-refractivity contribution in [3.63, 3.8) is 0 Å². The maximum absolute atomic E-state index is 12.2. The van der Waals surface area contributed by atoms with E-state index in [2.05, 4.69) is 5.32 Å². The van der Waals surface area contributed by atoms with Crippen molar-refractivity contribution in [1.29, 1.82) is 0 Å². The number of aliphatic carboxylic acids is 1. The maximum Gasteiger partial charge on any atom is 0.308 e. The van der Waals surface area contributed by atoms with Crippen LogP contribution in [0.2, 0.25) is 0 Å². The van der Waals surface area contributed by atoms with Crippen molar-refractivity contribution in [3.05, 3.63) is 36.0 Å².